The van der Waals surface area contributed by atoms with E-state index in [1.165, 1.54) is 20.5 Å². The zero-order chi connectivity index (χ0) is 37.0. The molecule has 0 saturated heterocycles. The van der Waals surface area contributed by atoms with Crippen LogP contribution >= 0.6 is 112 Å². The zero-order valence-corrected chi connectivity index (χ0v) is 37.7. The summed E-state index contributed by atoms with van der Waals surface area (Å²) in [5.41, 5.74) is 4.94. The van der Waals surface area contributed by atoms with Crippen LogP contribution in [0.3, 0.4) is 0 Å². The number of nitrogens with zero attached hydrogens (tertiary/aromatic N) is 4. The van der Waals surface area contributed by atoms with Gasteiger partial charge in [-0.3, -0.25) is 0 Å². The first-order valence-corrected chi connectivity index (χ1v) is 26.0. The Bertz CT molecular complexity index is 1700. The van der Waals surface area contributed by atoms with Crippen molar-refractivity contribution in [3.05, 3.63) is 120 Å². The van der Waals surface area contributed by atoms with Crippen LogP contribution < -0.4 is 0 Å². The summed E-state index contributed by atoms with van der Waals surface area (Å²) in [6, 6.07) is 37.7. The lowest BCUT2D eigenvalue weighted by molar-refractivity contribution is 0.482. The second-order valence-corrected chi connectivity index (χ2v) is 21.1. The smallest absolute Gasteiger partial charge is 0.162 e. The first kappa shape index (κ1) is 43.3. The molecule has 0 spiro atoms. The number of thiazole rings is 2. The van der Waals surface area contributed by atoms with Crippen LogP contribution in [-0.2, 0) is 11.5 Å². The maximum absolute atomic E-state index is 5.34. The van der Waals surface area contributed by atoms with Gasteiger partial charge in [-0.15, -0.1) is 22.7 Å². The average molecular weight is 875 g/mol. The maximum atomic E-state index is 5.34. The van der Waals surface area contributed by atoms with Crippen molar-refractivity contribution in [1.82, 2.24) is 19.8 Å². The standard InChI is InChI=1S/C14H8N2S4.C14H14S2.C10H20N2S4/c1-3-7-11-9(5-1)15-13(17-11)19-20-14-16-10-6-2-4-8-12(10)18-14;1-3-7-13(8-4-1)11-15-16-12-14-9-5-2-6-10-14;1-5-11(6-2)9(13)15-16-10(14)12(7-3)8-4/h1-8H;1-10H,11-12H2;5-8H2,1-4H3. The molecule has 0 bridgehead atoms. The van der Waals surface area contributed by atoms with Gasteiger partial charge < -0.3 is 9.80 Å². The van der Waals surface area contributed by atoms with Gasteiger partial charge >= 0.3 is 0 Å². The predicted molar refractivity (Wildman–Crippen MR) is 253 cm³/mol. The van der Waals surface area contributed by atoms with E-state index in [1.54, 1.807) is 65.8 Å². The molecule has 2 heterocycles. The number of rotatable bonds is 12. The summed E-state index contributed by atoms with van der Waals surface area (Å²) >= 11 is 14.1. The van der Waals surface area contributed by atoms with Crippen LogP contribution in [0.4, 0.5) is 0 Å². The quantitative estimate of drug-likeness (QED) is 0.0667. The second kappa shape index (κ2) is 24.8. The van der Waals surface area contributed by atoms with E-state index in [2.05, 4.69) is 145 Å². The van der Waals surface area contributed by atoms with Gasteiger partial charge in [0.2, 0.25) is 0 Å². The third-order valence-electron chi connectivity index (χ3n) is 7.18. The lowest BCUT2D eigenvalue weighted by Gasteiger charge is -2.23. The van der Waals surface area contributed by atoms with E-state index in [4.69, 9.17) is 24.4 Å². The molecule has 0 N–H and O–H groups in total. The van der Waals surface area contributed by atoms with Crippen LogP contribution in [0, 0.1) is 0 Å². The van der Waals surface area contributed by atoms with Crippen LogP contribution in [0.5, 0.6) is 0 Å². The first-order chi connectivity index (χ1) is 25.4. The summed E-state index contributed by atoms with van der Waals surface area (Å²) in [7, 11) is 10.4. The van der Waals surface area contributed by atoms with E-state index in [0.717, 1.165) is 66.0 Å². The van der Waals surface area contributed by atoms with E-state index >= 15 is 0 Å². The highest BCUT2D eigenvalue weighted by molar-refractivity contribution is 8.89. The van der Waals surface area contributed by atoms with Gasteiger partial charge in [-0.2, -0.15) is 0 Å². The Hall–Kier alpha value is -1.46. The molecular formula is C38H42N4S10. The van der Waals surface area contributed by atoms with Gasteiger partial charge in [0, 0.05) is 37.7 Å². The summed E-state index contributed by atoms with van der Waals surface area (Å²) in [5.74, 6) is 2.16. The van der Waals surface area contributed by atoms with Crippen molar-refractivity contribution in [3.8, 4) is 0 Å². The molecule has 0 fully saturated rings. The minimum Gasteiger partial charge on any atom is -0.357 e. The molecule has 4 nitrogen and oxygen atoms in total. The van der Waals surface area contributed by atoms with Crippen molar-refractivity contribution in [2.75, 3.05) is 26.2 Å². The molecule has 0 aliphatic rings. The highest BCUT2D eigenvalue weighted by Crippen LogP contribution is 2.43. The molecule has 14 heteroatoms. The minimum absolute atomic E-state index is 0.921. The summed E-state index contributed by atoms with van der Waals surface area (Å²) in [6.07, 6.45) is 0. The molecule has 0 amide bonds. The van der Waals surface area contributed by atoms with E-state index in [9.17, 15) is 0 Å². The molecule has 6 rings (SSSR count). The molecule has 0 aliphatic carbocycles. The summed E-state index contributed by atoms with van der Waals surface area (Å²) in [6.45, 7) is 12.3. The Morgan fingerprint density at radius 1 is 0.519 bits per heavy atom. The normalized spacial score (nSPS) is 10.6. The van der Waals surface area contributed by atoms with Gasteiger partial charge in [0.05, 0.1) is 20.4 Å². The van der Waals surface area contributed by atoms with Crippen LogP contribution in [-0.4, -0.2) is 54.6 Å². The number of fused-ring (bicyclic) bond motifs is 2. The molecule has 0 saturated carbocycles. The van der Waals surface area contributed by atoms with Crippen molar-refractivity contribution in [2.24, 2.45) is 0 Å². The molecule has 2 aromatic heterocycles. The molecule has 0 unspecified atom stereocenters. The zero-order valence-electron chi connectivity index (χ0n) is 29.5. The Morgan fingerprint density at radius 2 is 0.865 bits per heavy atom. The molecule has 6 aromatic rings. The summed E-state index contributed by atoms with van der Waals surface area (Å²) < 4.78 is 6.47. The van der Waals surface area contributed by atoms with E-state index in [0.29, 0.717) is 0 Å². The second-order valence-electron chi connectivity index (χ2n) is 10.6. The lowest BCUT2D eigenvalue weighted by atomic mass is 10.2. The van der Waals surface area contributed by atoms with Crippen LogP contribution in [0.2, 0.25) is 0 Å². The predicted octanol–water partition coefficient (Wildman–Crippen LogP) is 14.1. The van der Waals surface area contributed by atoms with Gasteiger partial charge in [-0.1, -0.05) is 131 Å². The van der Waals surface area contributed by atoms with Gasteiger partial charge in [0.25, 0.3) is 0 Å². The van der Waals surface area contributed by atoms with E-state index in [1.807, 2.05) is 33.7 Å². The Morgan fingerprint density at radius 3 is 1.21 bits per heavy atom. The number of aromatic nitrogens is 2. The first-order valence-electron chi connectivity index (χ1n) is 16.7. The summed E-state index contributed by atoms with van der Waals surface area (Å²) in [5, 5.41) is 0. The fourth-order valence-corrected chi connectivity index (χ4v) is 14.0. The van der Waals surface area contributed by atoms with Gasteiger partial charge in [0.15, 0.2) is 8.68 Å². The SMILES string of the molecule is CCN(CC)C(=S)SSC(=S)N(CC)CC.c1ccc(CSSCc2ccccc2)cc1.c1ccc2sc(SSc3nc4ccccc4s3)nc2c1. The minimum atomic E-state index is 0.921. The van der Waals surface area contributed by atoms with Crippen molar-refractivity contribution in [3.63, 3.8) is 0 Å². The molecular weight excluding hydrogens is 833 g/mol. The molecule has 0 radical (unpaired) electrons. The number of hydrogen-bond donors (Lipinski definition) is 0. The Labute approximate surface area is 351 Å². The van der Waals surface area contributed by atoms with Crippen molar-refractivity contribution < 1.29 is 0 Å². The van der Waals surface area contributed by atoms with Crippen LogP contribution in [0.25, 0.3) is 20.4 Å². The van der Waals surface area contributed by atoms with Crippen LogP contribution in [0.15, 0.2) is 118 Å². The largest absolute Gasteiger partial charge is 0.357 e. The molecule has 274 valence electrons. The molecule has 0 aliphatic heterocycles. The monoisotopic (exact) mass is 874 g/mol. The van der Waals surface area contributed by atoms with Gasteiger partial charge in [-0.05, 0) is 106 Å². The fourth-order valence-electron chi connectivity index (χ4n) is 4.35. The fraction of sp³-hybridized carbons (Fsp3) is 0.263. The Kier molecular flexibility index (Phi) is 20.7. The highest BCUT2D eigenvalue weighted by Gasteiger charge is 2.11. The third-order valence-corrected chi connectivity index (χ3v) is 18.2. The van der Waals surface area contributed by atoms with Crippen molar-refractivity contribution in [1.29, 1.82) is 0 Å². The number of para-hydroxylation sites is 2. The van der Waals surface area contributed by atoms with Crippen molar-refractivity contribution >= 4 is 141 Å². The van der Waals surface area contributed by atoms with Crippen molar-refractivity contribution in [2.45, 2.75) is 47.9 Å². The summed E-state index contributed by atoms with van der Waals surface area (Å²) in [4.78, 5) is 13.6. The maximum Gasteiger partial charge on any atom is 0.162 e. The van der Waals surface area contributed by atoms with E-state index < -0.39 is 0 Å². The number of thiocarbonyl (C=S) groups is 2. The van der Waals surface area contributed by atoms with E-state index in [-0.39, 0.29) is 0 Å². The topological polar surface area (TPSA) is 32.3 Å². The third kappa shape index (κ3) is 15.0. The average Bonchev–Trinajstić information content (AvgIpc) is 3.81. The molecule has 4 aromatic carbocycles. The van der Waals surface area contributed by atoms with Crippen LogP contribution in [0.1, 0.15) is 38.8 Å². The Balaban J connectivity index is 0.000000177. The lowest BCUT2D eigenvalue weighted by Crippen LogP contribution is -2.28. The molecule has 0 atom stereocenters. The van der Waals surface area contributed by atoms with Gasteiger partial charge in [0.1, 0.15) is 8.64 Å². The number of benzene rings is 4. The highest BCUT2D eigenvalue weighted by atomic mass is 33.1. The number of hydrogen-bond acceptors (Lipinski definition) is 12. The molecule has 52 heavy (non-hydrogen) atoms. The van der Waals surface area contributed by atoms with Gasteiger partial charge in [-0.25, -0.2) is 9.97 Å².